The summed E-state index contributed by atoms with van der Waals surface area (Å²) in [4.78, 5) is 11.8. The lowest BCUT2D eigenvalue weighted by atomic mass is 10.1. The van der Waals surface area contributed by atoms with E-state index in [2.05, 4.69) is 16.9 Å². The Kier molecular flexibility index (Phi) is 4.29. The van der Waals surface area contributed by atoms with Gasteiger partial charge in [0, 0.05) is 16.8 Å². The van der Waals surface area contributed by atoms with Gasteiger partial charge in [-0.2, -0.15) is 11.8 Å². The lowest BCUT2D eigenvalue weighted by Crippen LogP contribution is -2.50. The molecule has 0 aliphatic heterocycles. The van der Waals surface area contributed by atoms with Crippen molar-refractivity contribution in [2.75, 3.05) is 12.8 Å². The highest BCUT2D eigenvalue weighted by atomic mass is 32.2. The van der Waals surface area contributed by atoms with Gasteiger partial charge in [0.1, 0.15) is 0 Å². The minimum atomic E-state index is -0.149. The lowest BCUT2D eigenvalue weighted by Gasteiger charge is -2.24. The highest BCUT2D eigenvalue weighted by Gasteiger charge is 2.41. The van der Waals surface area contributed by atoms with Crippen molar-refractivity contribution >= 4 is 17.7 Å². The molecule has 0 radical (unpaired) electrons. The van der Waals surface area contributed by atoms with E-state index >= 15 is 0 Å². The number of rotatable bonds is 5. The Morgan fingerprint density at radius 1 is 1.44 bits per heavy atom. The molecule has 0 saturated heterocycles. The highest BCUT2D eigenvalue weighted by molar-refractivity contribution is 8.00. The lowest BCUT2D eigenvalue weighted by molar-refractivity contribution is -0.124. The van der Waals surface area contributed by atoms with Gasteiger partial charge < -0.3 is 10.6 Å². The van der Waals surface area contributed by atoms with Gasteiger partial charge in [-0.3, -0.25) is 4.79 Å². The molecule has 94 valence electrons. The number of carbonyl (C=O) groups excluding carboxylic acids is 1. The van der Waals surface area contributed by atoms with Gasteiger partial charge >= 0.3 is 0 Å². The van der Waals surface area contributed by atoms with Crippen molar-refractivity contribution in [3.8, 4) is 0 Å². The summed E-state index contributed by atoms with van der Waals surface area (Å²) in [6, 6.07) is -0.108. The molecular formula is C12H24N2OS. The first-order chi connectivity index (χ1) is 7.28. The maximum absolute atomic E-state index is 11.8. The Hall–Kier alpha value is -0.220. The molecule has 1 fully saturated rings. The molecule has 3 nitrogen and oxygen atoms in total. The molecule has 1 aliphatic carbocycles. The minimum Gasteiger partial charge on any atom is -0.350 e. The van der Waals surface area contributed by atoms with E-state index in [9.17, 15) is 4.79 Å². The van der Waals surface area contributed by atoms with E-state index in [1.165, 1.54) is 12.8 Å². The third-order valence-electron chi connectivity index (χ3n) is 2.86. The first kappa shape index (κ1) is 13.8. The minimum absolute atomic E-state index is 0.0874. The summed E-state index contributed by atoms with van der Waals surface area (Å²) in [6.45, 7) is 8.87. The zero-order valence-electron chi connectivity index (χ0n) is 11.0. The van der Waals surface area contributed by atoms with Gasteiger partial charge in [0.05, 0.1) is 6.04 Å². The van der Waals surface area contributed by atoms with Crippen LogP contribution in [0.25, 0.3) is 0 Å². The molecule has 4 heteroatoms. The molecule has 1 aliphatic rings. The van der Waals surface area contributed by atoms with E-state index in [4.69, 9.17) is 0 Å². The number of thioether (sulfide) groups is 1. The van der Waals surface area contributed by atoms with Crippen LogP contribution in [0, 0.1) is 0 Å². The standard InChI is InChI=1S/C12H24N2OS/c1-9(10(15)14-11(2,3)4)13-8-12(16-5)6-7-12/h9,13H,6-8H2,1-5H3,(H,14,15). The first-order valence-electron chi connectivity index (χ1n) is 5.89. The predicted octanol–water partition coefficient (Wildman–Crippen LogP) is 1.77. The maximum atomic E-state index is 11.8. The van der Waals surface area contributed by atoms with Crippen LogP contribution in [0.2, 0.25) is 0 Å². The molecule has 16 heavy (non-hydrogen) atoms. The second kappa shape index (κ2) is 4.96. The molecule has 0 heterocycles. The quantitative estimate of drug-likeness (QED) is 0.774. The van der Waals surface area contributed by atoms with Gasteiger partial charge in [-0.15, -0.1) is 0 Å². The van der Waals surface area contributed by atoms with E-state index in [1.54, 1.807) is 0 Å². The molecule has 0 aromatic carbocycles. The van der Waals surface area contributed by atoms with Gasteiger partial charge in [-0.05, 0) is 46.8 Å². The first-order valence-corrected chi connectivity index (χ1v) is 7.11. The van der Waals surface area contributed by atoms with Crippen molar-refractivity contribution in [1.29, 1.82) is 0 Å². The third kappa shape index (κ3) is 4.34. The van der Waals surface area contributed by atoms with Crippen LogP contribution in [-0.2, 0) is 4.79 Å². The Balaban J connectivity index is 2.29. The fourth-order valence-electron chi connectivity index (χ4n) is 1.50. The SMILES string of the molecule is CSC1(CNC(C)C(=O)NC(C)(C)C)CC1. The Labute approximate surface area is 103 Å². The van der Waals surface area contributed by atoms with E-state index in [0.29, 0.717) is 4.75 Å². The van der Waals surface area contributed by atoms with Crippen LogP contribution in [0.1, 0.15) is 40.5 Å². The summed E-state index contributed by atoms with van der Waals surface area (Å²) in [5.74, 6) is 0.0874. The van der Waals surface area contributed by atoms with Crippen LogP contribution in [-0.4, -0.2) is 35.0 Å². The molecule has 0 bridgehead atoms. The van der Waals surface area contributed by atoms with Crippen molar-refractivity contribution in [1.82, 2.24) is 10.6 Å². The largest absolute Gasteiger partial charge is 0.350 e. The van der Waals surface area contributed by atoms with Crippen LogP contribution < -0.4 is 10.6 Å². The molecular weight excluding hydrogens is 220 g/mol. The average molecular weight is 244 g/mol. The summed E-state index contributed by atoms with van der Waals surface area (Å²) < 4.78 is 0.413. The Bertz CT molecular complexity index is 256. The summed E-state index contributed by atoms with van der Waals surface area (Å²) in [5, 5.41) is 6.31. The fraction of sp³-hybridized carbons (Fsp3) is 0.917. The fourth-order valence-corrected chi connectivity index (χ4v) is 2.24. The van der Waals surface area contributed by atoms with Gasteiger partial charge in [0.25, 0.3) is 0 Å². The average Bonchev–Trinajstić information content (AvgIpc) is 2.92. The molecule has 0 aromatic heterocycles. The number of carbonyl (C=O) groups is 1. The number of hydrogen-bond acceptors (Lipinski definition) is 3. The molecule has 1 saturated carbocycles. The molecule has 1 atom stereocenters. The van der Waals surface area contributed by atoms with Gasteiger partial charge in [0.15, 0.2) is 0 Å². The molecule has 1 amide bonds. The molecule has 2 N–H and O–H groups in total. The predicted molar refractivity (Wildman–Crippen MR) is 70.8 cm³/mol. The van der Waals surface area contributed by atoms with Gasteiger partial charge in [0.2, 0.25) is 5.91 Å². The van der Waals surface area contributed by atoms with E-state index in [1.807, 2.05) is 39.5 Å². The summed E-state index contributed by atoms with van der Waals surface area (Å²) in [5.41, 5.74) is -0.149. The summed E-state index contributed by atoms with van der Waals surface area (Å²) in [6.07, 6.45) is 4.69. The van der Waals surface area contributed by atoms with Crippen LogP contribution in [0.15, 0.2) is 0 Å². The van der Waals surface area contributed by atoms with Crippen molar-refractivity contribution in [2.45, 2.75) is 56.9 Å². The van der Waals surface area contributed by atoms with Crippen LogP contribution in [0.4, 0.5) is 0 Å². The smallest absolute Gasteiger partial charge is 0.237 e. The molecule has 1 rings (SSSR count). The molecule has 0 aromatic rings. The zero-order valence-corrected chi connectivity index (χ0v) is 11.8. The van der Waals surface area contributed by atoms with Gasteiger partial charge in [-0.1, -0.05) is 0 Å². The maximum Gasteiger partial charge on any atom is 0.237 e. The molecule has 1 unspecified atom stereocenters. The van der Waals surface area contributed by atoms with Crippen molar-refractivity contribution < 1.29 is 4.79 Å². The second-order valence-electron chi connectivity index (χ2n) is 5.73. The number of nitrogens with one attached hydrogen (secondary N) is 2. The highest BCUT2D eigenvalue weighted by Crippen LogP contribution is 2.46. The van der Waals surface area contributed by atoms with E-state index < -0.39 is 0 Å². The van der Waals surface area contributed by atoms with Crippen LogP contribution >= 0.6 is 11.8 Å². The Morgan fingerprint density at radius 3 is 2.38 bits per heavy atom. The van der Waals surface area contributed by atoms with Crippen molar-refractivity contribution in [3.63, 3.8) is 0 Å². The van der Waals surface area contributed by atoms with Crippen LogP contribution in [0.3, 0.4) is 0 Å². The second-order valence-corrected chi connectivity index (χ2v) is 7.00. The zero-order chi connectivity index (χ0) is 12.4. The summed E-state index contributed by atoms with van der Waals surface area (Å²) in [7, 11) is 0. The van der Waals surface area contributed by atoms with Gasteiger partial charge in [-0.25, -0.2) is 0 Å². The van der Waals surface area contributed by atoms with Crippen molar-refractivity contribution in [3.05, 3.63) is 0 Å². The number of amides is 1. The van der Waals surface area contributed by atoms with Crippen molar-refractivity contribution in [2.24, 2.45) is 0 Å². The van der Waals surface area contributed by atoms with E-state index in [0.717, 1.165) is 6.54 Å². The Morgan fingerprint density at radius 2 is 2.00 bits per heavy atom. The summed E-state index contributed by atoms with van der Waals surface area (Å²) >= 11 is 1.91. The normalized spacial score (nSPS) is 20.3. The topological polar surface area (TPSA) is 41.1 Å². The number of hydrogen-bond donors (Lipinski definition) is 2. The molecule has 0 spiro atoms. The third-order valence-corrected chi connectivity index (χ3v) is 4.28. The van der Waals surface area contributed by atoms with E-state index in [-0.39, 0.29) is 17.5 Å². The monoisotopic (exact) mass is 244 g/mol. The van der Waals surface area contributed by atoms with Crippen LogP contribution in [0.5, 0.6) is 0 Å².